The highest BCUT2D eigenvalue weighted by molar-refractivity contribution is 7.18. The molecule has 4 nitrogen and oxygen atoms in total. The van der Waals surface area contributed by atoms with E-state index in [1.807, 2.05) is 31.2 Å². The highest BCUT2D eigenvalue weighted by atomic mass is 32.1. The van der Waals surface area contributed by atoms with Crippen molar-refractivity contribution < 1.29 is 4.79 Å². The van der Waals surface area contributed by atoms with E-state index < -0.39 is 6.04 Å². The van der Waals surface area contributed by atoms with E-state index in [2.05, 4.69) is 4.98 Å². The second-order valence-electron chi connectivity index (χ2n) is 5.15. The van der Waals surface area contributed by atoms with Crippen LogP contribution in [0.25, 0.3) is 10.2 Å². The Morgan fingerprint density at radius 3 is 2.73 bits per heavy atom. The molecular formula is C17H16N2O2S. The molecule has 0 aliphatic carbocycles. The van der Waals surface area contributed by atoms with Gasteiger partial charge in [-0.3, -0.25) is 14.2 Å². The van der Waals surface area contributed by atoms with Gasteiger partial charge in [0.15, 0.2) is 5.78 Å². The molecule has 0 saturated heterocycles. The van der Waals surface area contributed by atoms with E-state index in [0.29, 0.717) is 10.9 Å². The summed E-state index contributed by atoms with van der Waals surface area (Å²) in [6, 6.07) is 10.3. The van der Waals surface area contributed by atoms with Crippen LogP contribution < -0.4 is 5.56 Å². The third kappa shape index (κ3) is 2.48. The molecule has 0 fully saturated rings. The molecule has 0 radical (unpaired) electrons. The van der Waals surface area contributed by atoms with Crippen LogP contribution in [-0.4, -0.2) is 15.3 Å². The molecule has 1 atom stereocenters. The lowest BCUT2D eigenvalue weighted by Gasteiger charge is -2.13. The molecule has 0 amide bonds. The van der Waals surface area contributed by atoms with Crippen molar-refractivity contribution in [2.45, 2.75) is 26.3 Å². The lowest BCUT2D eigenvalue weighted by atomic mass is 10.1. The highest BCUT2D eigenvalue weighted by Gasteiger charge is 2.19. The first-order valence-corrected chi connectivity index (χ1v) is 8.02. The number of benzene rings is 1. The first-order chi connectivity index (χ1) is 10.6. The molecule has 5 heteroatoms. The largest absolute Gasteiger partial charge is 0.292 e. The van der Waals surface area contributed by atoms with Gasteiger partial charge in [-0.15, -0.1) is 11.3 Å². The number of rotatable bonds is 4. The van der Waals surface area contributed by atoms with Gasteiger partial charge in [-0.2, -0.15) is 0 Å². The number of thiophene rings is 1. The van der Waals surface area contributed by atoms with Crippen LogP contribution in [0.15, 0.2) is 47.5 Å². The molecule has 1 aromatic carbocycles. The van der Waals surface area contributed by atoms with Crippen molar-refractivity contribution in [3.05, 3.63) is 63.5 Å². The van der Waals surface area contributed by atoms with Crippen molar-refractivity contribution in [2.75, 3.05) is 0 Å². The third-order valence-corrected chi connectivity index (χ3v) is 4.92. The van der Waals surface area contributed by atoms with Crippen LogP contribution in [-0.2, 0) is 6.42 Å². The number of aryl methyl sites for hydroxylation is 1. The van der Waals surface area contributed by atoms with Crippen LogP contribution in [0.5, 0.6) is 0 Å². The summed E-state index contributed by atoms with van der Waals surface area (Å²) in [6.45, 7) is 3.78. The van der Waals surface area contributed by atoms with Gasteiger partial charge in [-0.1, -0.05) is 37.3 Å². The molecule has 0 spiro atoms. The summed E-state index contributed by atoms with van der Waals surface area (Å²) in [5, 5.41) is 0.595. The van der Waals surface area contributed by atoms with Gasteiger partial charge in [-0.25, -0.2) is 4.98 Å². The summed E-state index contributed by atoms with van der Waals surface area (Å²) < 4.78 is 1.42. The number of aromatic nitrogens is 2. The topological polar surface area (TPSA) is 52.0 Å². The Labute approximate surface area is 132 Å². The van der Waals surface area contributed by atoms with Crippen LogP contribution in [0.2, 0.25) is 0 Å². The van der Waals surface area contributed by atoms with Gasteiger partial charge in [0, 0.05) is 10.4 Å². The second kappa shape index (κ2) is 5.85. The van der Waals surface area contributed by atoms with Crippen LogP contribution in [0.4, 0.5) is 0 Å². The molecule has 3 aromatic rings. The number of nitrogens with zero attached hydrogens (tertiary/aromatic N) is 2. The predicted octanol–water partition coefficient (Wildman–Crippen LogP) is 3.46. The number of Topliss-reactive ketones (excluding diaryl/α,β-unsaturated/α-hetero) is 1. The molecule has 0 saturated carbocycles. The maximum absolute atomic E-state index is 12.6. The Morgan fingerprint density at radius 1 is 1.32 bits per heavy atom. The van der Waals surface area contributed by atoms with Crippen LogP contribution in [0.3, 0.4) is 0 Å². The Kier molecular flexibility index (Phi) is 3.90. The first-order valence-electron chi connectivity index (χ1n) is 7.20. The molecular weight excluding hydrogens is 296 g/mol. The molecule has 0 N–H and O–H groups in total. The zero-order valence-electron chi connectivity index (χ0n) is 12.4. The van der Waals surface area contributed by atoms with Gasteiger partial charge < -0.3 is 0 Å². The van der Waals surface area contributed by atoms with Gasteiger partial charge in [0.2, 0.25) is 0 Å². The molecule has 0 aliphatic heterocycles. The number of hydrogen-bond donors (Lipinski definition) is 0. The molecule has 2 heterocycles. The van der Waals surface area contributed by atoms with E-state index >= 15 is 0 Å². The van der Waals surface area contributed by atoms with Crippen molar-refractivity contribution in [3.8, 4) is 0 Å². The molecule has 112 valence electrons. The summed E-state index contributed by atoms with van der Waals surface area (Å²) in [5.41, 5.74) is 0.444. The summed E-state index contributed by atoms with van der Waals surface area (Å²) in [5.74, 6) is -0.0882. The van der Waals surface area contributed by atoms with Crippen LogP contribution >= 0.6 is 11.3 Å². The summed E-state index contributed by atoms with van der Waals surface area (Å²) >= 11 is 1.53. The lowest BCUT2D eigenvalue weighted by molar-refractivity contribution is 0.0932. The van der Waals surface area contributed by atoms with E-state index in [9.17, 15) is 9.59 Å². The number of ketones is 1. The zero-order chi connectivity index (χ0) is 15.7. The number of carbonyl (C=O) groups is 1. The Hall–Kier alpha value is -2.27. The van der Waals surface area contributed by atoms with Crippen molar-refractivity contribution in [3.63, 3.8) is 0 Å². The summed E-state index contributed by atoms with van der Waals surface area (Å²) in [4.78, 5) is 31.3. The molecule has 22 heavy (non-hydrogen) atoms. The average Bonchev–Trinajstić information content (AvgIpc) is 2.99. The Morgan fingerprint density at radius 2 is 2.05 bits per heavy atom. The maximum atomic E-state index is 12.6. The lowest BCUT2D eigenvalue weighted by Crippen LogP contribution is -2.28. The summed E-state index contributed by atoms with van der Waals surface area (Å²) in [7, 11) is 0. The minimum atomic E-state index is -0.572. The average molecular weight is 312 g/mol. The normalized spacial score (nSPS) is 12.5. The van der Waals surface area contributed by atoms with Crippen molar-refractivity contribution in [1.82, 2.24) is 9.55 Å². The van der Waals surface area contributed by atoms with E-state index in [-0.39, 0.29) is 11.3 Å². The SMILES string of the molecule is CCc1cc2c(=O)n(C(C)C(=O)c3ccccc3)cnc2s1. The maximum Gasteiger partial charge on any atom is 0.262 e. The molecule has 2 aromatic heterocycles. The quantitative estimate of drug-likeness (QED) is 0.693. The summed E-state index contributed by atoms with van der Waals surface area (Å²) in [6.07, 6.45) is 2.35. The van der Waals surface area contributed by atoms with Gasteiger partial charge in [0.05, 0.1) is 17.8 Å². The predicted molar refractivity (Wildman–Crippen MR) is 88.7 cm³/mol. The van der Waals surface area contributed by atoms with Gasteiger partial charge in [0.25, 0.3) is 5.56 Å². The van der Waals surface area contributed by atoms with Crippen LogP contribution in [0.1, 0.15) is 35.1 Å². The van der Waals surface area contributed by atoms with E-state index in [0.717, 1.165) is 16.1 Å². The van der Waals surface area contributed by atoms with Crippen LogP contribution in [0, 0.1) is 0 Å². The monoisotopic (exact) mass is 312 g/mol. The molecule has 0 bridgehead atoms. The number of fused-ring (bicyclic) bond motifs is 1. The molecule has 1 unspecified atom stereocenters. The smallest absolute Gasteiger partial charge is 0.262 e. The molecule has 0 aliphatic rings. The first kappa shape index (κ1) is 14.7. The fraction of sp³-hybridized carbons (Fsp3) is 0.235. The number of hydrogen-bond acceptors (Lipinski definition) is 4. The van der Waals surface area contributed by atoms with Gasteiger partial charge in [0.1, 0.15) is 4.83 Å². The fourth-order valence-electron chi connectivity index (χ4n) is 2.41. The van der Waals surface area contributed by atoms with E-state index in [1.54, 1.807) is 19.1 Å². The van der Waals surface area contributed by atoms with E-state index in [4.69, 9.17) is 0 Å². The van der Waals surface area contributed by atoms with Gasteiger partial charge in [-0.05, 0) is 19.4 Å². The van der Waals surface area contributed by atoms with E-state index in [1.165, 1.54) is 22.2 Å². The third-order valence-electron chi connectivity index (χ3n) is 3.73. The Balaban J connectivity index is 2.04. The van der Waals surface area contributed by atoms with Crippen molar-refractivity contribution >= 4 is 27.3 Å². The minimum Gasteiger partial charge on any atom is -0.292 e. The minimum absolute atomic E-state index is 0.0882. The fourth-order valence-corrected chi connectivity index (χ4v) is 3.33. The standard InChI is InChI=1S/C17H16N2O2S/c1-3-13-9-14-16(22-13)18-10-19(17(14)21)11(2)15(20)12-7-5-4-6-8-12/h4-11H,3H2,1-2H3. The highest BCUT2D eigenvalue weighted by Crippen LogP contribution is 2.22. The number of carbonyl (C=O) groups excluding carboxylic acids is 1. The van der Waals surface area contributed by atoms with Gasteiger partial charge >= 0.3 is 0 Å². The zero-order valence-corrected chi connectivity index (χ0v) is 13.3. The van der Waals surface area contributed by atoms with Crippen molar-refractivity contribution in [1.29, 1.82) is 0 Å². The Bertz CT molecular complexity index is 881. The van der Waals surface area contributed by atoms with Crippen molar-refractivity contribution in [2.24, 2.45) is 0 Å². The molecule has 3 rings (SSSR count). The second-order valence-corrected chi connectivity index (χ2v) is 6.26.